The molecule has 1 N–H and O–H groups in total. The number of hydrogen-bond donors (Lipinski definition) is 1. The summed E-state index contributed by atoms with van der Waals surface area (Å²) in [6.45, 7) is 10.4. The number of hydrogen-bond acceptors (Lipinski definition) is 2. The van der Waals surface area contributed by atoms with Crippen LogP contribution in [0.5, 0.6) is 5.75 Å². The number of nitrogens with zero attached hydrogens (tertiary/aromatic N) is 1. The molecule has 0 aromatic heterocycles. The lowest BCUT2D eigenvalue weighted by atomic mass is 10.0. The van der Waals surface area contributed by atoms with Crippen molar-refractivity contribution >= 4 is 0 Å². The van der Waals surface area contributed by atoms with Gasteiger partial charge in [0.15, 0.2) is 0 Å². The van der Waals surface area contributed by atoms with Crippen LogP contribution in [0.3, 0.4) is 0 Å². The van der Waals surface area contributed by atoms with Gasteiger partial charge >= 0.3 is 0 Å². The number of rotatable bonds is 4. The van der Waals surface area contributed by atoms with E-state index in [1.54, 1.807) is 0 Å². The molecule has 0 saturated carbocycles. The lowest BCUT2D eigenvalue weighted by Crippen LogP contribution is -2.26. The molecule has 0 aliphatic heterocycles. The Balaban J connectivity index is 2.94. The molecule has 0 spiro atoms. The van der Waals surface area contributed by atoms with Crippen LogP contribution in [0.1, 0.15) is 37.9 Å². The largest absolute Gasteiger partial charge is 0.508 e. The van der Waals surface area contributed by atoms with Gasteiger partial charge in [-0.25, -0.2) is 0 Å². The lowest BCUT2D eigenvalue weighted by Gasteiger charge is -2.27. The first-order valence-corrected chi connectivity index (χ1v) is 5.63. The van der Waals surface area contributed by atoms with Gasteiger partial charge in [-0.05, 0) is 38.6 Å². The van der Waals surface area contributed by atoms with Crippen LogP contribution in [0.2, 0.25) is 0 Å². The predicted octanol–water partition coefficient (Wildman–Crippen LogP) is 3.10. The monoisotopic (exact) mass is 207 g/mol. The molecule has 0 saturated heterocycles. The summed E-state index contributed by atoms with van der Waals surface area (Å²) in [5.74, 6) is 0.411. The molecule has 0 aliphatic carbocycles. The molecule has 1 unspecified atom stereocenters. The van der Waals surface area contributed by atoms with Crippen molar-refractivity contribution in [2.75, 3.05) is 13.1 Å². The van der Waals surface area contributed by atoms with Crippen LogP contribution in [0.25, 0.3) is 0 Å². The lowest BCUT2D eigenvalue weighted by molar-refractivity contribution is 0.230. The molecule has 1 aromatic rings. The highest BCUT2D eigenvalue weighted by Crippen LogP contribution is 2.28. The molecule has 0 radical (unpaired) electrons. The molecule has 0 aliphatic rings. The third kappa shape index (κ3) is 2.72. The molecule has 1 atom stereocenters. The second-order valence-corrected chi connectivity index (χ2v) is 3.96. The quantitative estimate of drug-likeness (QED) is 0.820. The minimum absolute atomic E-state index is 0.278. The molecule has 0 amide bonds. The third-order valence-corrected chi connectivity index (χ3v) is 3.00. The Bertz CT molecular complexity index is 318. The van der Waals surface area contributed by atoms with Gasteiger partial charge in [0.1, 0.15) is 5.75 Å². The van der Waals surface area contributed by atoms with Crippen LogP contribution in [0, 0.1) is 6.92 Å². The van der Waals surface area contributed by atoms with Crippen LogP contribution in [-0.4, -0.2) is 23.1 Å². The maximum atomic E-state index is 9.88. The number of aromatic hydroxyl groups is 1. The van der Waals surface area contributed by atoms with Crippen LogP contribution in [-0.2, 0) is 0 Å². The summed E-state index contributed by atoms with van der Waals surface area (Å²) in [7, 11) is 0. The number of phenolic OH excluding ortho intramolecular Hbond substituents is 1. The van der Waals surface area contributed by atoms with E-state index in [1.165, 1.54) is 0 Å². The Hall–Kier alpha value is -1.02. The van der Waals surface area contributed by atoms with E-state index in [0.29, 0.717) is 5.75 Å². The molecule has 0 heterocycles. The third-order valence-electron chi connectivity index (χ3n) is 3.00. The van der Waals surface area contributed by atoms with Crippen molar-refractivity contribution in [3.05, 3.63) is 29.3 Å². The van der Waals surface area contributed by atoms with Gasteiger partial charge in [0.05, 0.1) is 0 Å². The Morgan fingerprint density at radius 2 is 1.87 bits per heavy atom. The average molecular weight is 207 g/mol. The van der Waals surface area contributed by atoms with Crippen LogP contribution >= 0.6 is 0 Å². The number of aryl methyl sites for hydroxylation is 1. The first-order valence-electron chi connectivity index (χ1n) is 5.63. The molecule has 2 heteroatoms. The molecule has 1 aromatic carbocycles. The normalized spacial score (nSPS) is 13.1. The zero-order chi connectivity index (χ0) is 11.4. The fourth-order valence-corrected chi connectivity index (χ4v) is 1.98. The molecular weight excluding hydrogens is 186 g/mol. The van der Waals surface area contributed by atoms with Crippen LogP contribution in [0.4, 0.5) is 0 Å². The summed E-state index contributed by atoms with van der Waals surface area (Å²) in [4.78, 5) is 2.32. The summed E-state index contributed by atoms with van der Waals surface area (Å²) >= 11 is 0. The predicted molar refractivity (Wildman–Crippen MR) is 64.2 cm³/mol. The van der Waals surface area contributed by atoms with E-state index in [0.717, 1.165) is 24.2 Å². The highest BCUT2D eigenvalue weighted by Gasteiger charge is 2.15. The Kier molecular flexibility index (Phi) is 4.15. The van der Waals surface area contributed by atoms with Crippen LogP contribution in [0.15, 0.2) is 18.2 Å². The first kappa shape index (κ1) is 12.1. The van der Waals surface area contributed by atoms with E-state index in [2.05, 4.69) is 31.7 Å². The summed E-state index contributed by atoms with van der Waals surface area (Å²) in [6, 6.07) is 6.18. The standard InChI is InChI=1S/C13H21NO/c1-5-14(6-2)11(4)12-8-7-10(3)9-13(12)15/h7-9,11,15H,5-6H2,1-4H3. The van der Waals surface area contributed by atoms with E-state index >= 15 is 0 Å². The fourth-order valence-electron chi connectivity index (χ4n) is 1.98. The van der Waals surface area contributed by atoms with Gasteiger partial charge in [-0.2, -0.15) is 0 Å². The van der Waals surface area contributed by atoms with Crippen LogP contribution < -0.4 is 0 Å². The smallest absolute Gasteiger partial charge is 0.120 e. The summed E-state index contributed by atoms with van der Waals surface area (Å²) < 4.78 is 0. The molecule has 15 heavy (non-hydrogen) atoms. The maximum Gasteiger partial charge on any atom is 0.120 e. The summed E-state index contributed by atoms with van der Waals surface area (Å²) in [5, 5.41) is 9.88. The van der Waals surface area contributed by atoms with Crippen molar-refractivity contribution in [2.24, 2.45) is 0 Å². The molecule has 84 valence electrons. The Morgan fingerprint density at radius 3 is 2.33 bits per heavy atom. The SMILES string of the molecule is CCN(CC)C(C)c1ccc(C)cc1O. The van der Waals surface area contributed by atoms with Crippen molar-refractivity contribution < 1.29 is 5.11 Å². The number of benzene rings is 1. The van der Waals surface area contributed by atoms with E-state index < -0.39 is 0 Å². The van der Waals surface area contributed by atoms with Gasteiger partial charge in [-0.1, -0.05) is 26.0 Å². The second kappa shape index (κ2) is 5.17. The minimum atomic E-state index is 0.278. The Morgan fingerprint density at radius 1 is 1.27 bits per heavy atom. The van der Waals surface area contributed by atoms with E-state index in [-0.39, 0.29) is 6.04 Å². The van der Waals surface area contributed by atoms with Gasteiger partial charge in [0, 0.05) is 11.6 Å². The van der Waals surface area contributed by atoms with Gasteiger partial charge in [-0.3, -0.25) is 4.90 Å². The average Bonchev–Trinajstić information content (AvgIpc) is 2.19. The van der Waals surface area contributed by atoms with Crippen molar-refractivity contribution in [2.45, 2.75) is 33.7 Å². The van der Waals surface area contributed by atoms with Gasteiger partial charge in [0.25, 0.3) is 0 Å². The zero-order valence-corrected chi connectivity index (χ0v) is 10.1. The summed E-state index contributed by atoms with van der Waals surface area (Å²) in [5.41, 5.74) is 2.12. The van der Waals surface area contributed by atoms with Crippen molar-refractivity contribution in [3.8, 4) is 5.75 Å². The number of phenols is 1. The maximum absolute atomic E-state index is 9.88. The Labute approximate surface area is 92.5 Å². The highest BCUT2D eigenvalue weighted by atomic mass is 16.3. The van der Waals surface area contributed by atoms with Crippen molar-refractivity contribution in [1.82, 2.24) is 4.90 Å². The van der Waals surface area contributed by atoms with E-state index in [9.17, 15) is 5.11 Å². The fraction of sp³-hybridized carbons (Fsp3) is 0.538. The van der Waals surface area contributed by atoms with Gasteiger partial charge in [0.2, 0.25) is 0 Å². The van der Waals surface area contributed by atoms with Crippen molar-refractivity contribution in [3.63, 3.8) is 0 Å². The molecule has 1 rings (SSSR count). The van der Waals surface area contributed by atoms with E-state index in [4.69, 9.17) is 0 Å². The second-order valence-electron chi connectivity index (χ2n) is 3.96. The molecular formula is C13H21NO. The molecule has 0 bridgehead atoms. The van der Waals surface area contributed by atoms with Crippen molar-refractivity contribution in [1.29, 1.82) is 0 Å². The van der Waals surface area contributed by atoms with Gasteiger partial charge in [-0.15, -0.1) is 0 Å². The highest BCUT2D eigenvalue weighted by molar-refractivity contribution is 5.37. The topological polar surface area (TPSA) is 23.5 Å². The first-order chi connectivity index (χ1) is 7.10. The van der Waals surface area contributed by atoms with Gasteiger partial charge < -0.3 is 5.11 Å². The summed E-state index contributed by atoms with van der Waals surface area (Å²) in [6.07, 6.45) is 0. The zero-order valence-electron chi connectivity index (χ0n) is 10.1. The minimum Gasteiger partial charge on any atom is -0.508 e. The molecule has 2 nitrogen and oxygen atoms in total. The molecule has 0 fully saturated rings. The van der Waals surface area contributed by atoms with E-state index in [1.807, 2.05) is 19.1 Å².